The Kier molecular flexibility index (Phi) is 5.48. The molecular weight excluding hydrogens is 401 g/mol. The van der Waals surface area contributed by atoms with Crippen molar-refractivity contribution in [1.29, 1.82) is 0 Å². The fraction of sp³-hybridized carbons (Fsp3) is 0.240. The maximum Gasteiger partial charge on any atom is 0.416 e. The lowest BCUT2D eigenvalue weighted by molar-refractivity contribution is -0.138. The minimum atomic E-state index is -4.45. The number of carbonyl (C=O) groups excluding carboxylic acids is 1. The molecule has 0 aliphatic carbocycles. The number of carbonyl (C=O) groups is 1. The molecule has 159 valence electrons. The normalized spacial score (nSPS) is 12.0. The molecule has 1 aromatic heterocycles. The van der Waals surface area contributed by atoms with E-state index in [1.807, 2.05) is 16.7 Å². The summed E-state index contributed by atoms with van der Waals surface area (Å²) in [6.07, 6.45) is -1.56. The Morgan fingerprint density at radius 3 is 2.58 bits per heavy atom. The number of hydrogen-bond acceptors (Lipinski definition) is 1. The van der Waals surface area contributed by atoms with Crippen LogP contribution in [0.1, 0.15) is 46.8 Å². The molecule has 4 aromatic rings. The number of nitrogens with zero attached hydrogens (tertiary/aromatic N) is 1. The monoisotopic (exact) mass is 423 g/mol. The summed E-state index contributed by atoms with van der Waals surface area (Å²) in [6, 6.07) is 17.9. The van der Waals surface area contributed by atoms with Crippen molar-refractivity contribution in [2.75, 3.05) is 0 Å². The first kappa shape index (κ1) is 21.0. The minimum Gasteiger partial charge on any atom is -0.366 e. The van der Waals surface area contributed by atoms with Gasteiger partial charge in [-0.3, -0.25) is 4.79 Å². The predicted molar refractivity (Wildman–Crippen MR) is 116 cm³/mol. The molecule has 0 atom stereocenters. The number of amides is 1. The molecule has 0 fully saturated rings. The highest BCUT2D eigenvalue weighted by Gasteiger charge is 2.33. The summed E-state index contributed by atoms with van der Waals surface area (Å²) in [5.74, 6) is -0.580. The Morgan fingerprint density at radius 1 is 1.10 bits per heavy atom. The zero-order chi connectivity index (χ0) is 22.2. The van der Waals surface area contributed by atoms with Gasteiger partial charge in [0.15, 0.2) is 0 Å². The Hall–Kier alpha value is -3.28. The SMILES string of the molecule is CCCCc1c[c]c2c3c(C(N)=O)cccc3n(Cc3ccccc3C(F)(F)F)c2c1. The van der Waals surface area contributed by atoms with Gasteiger partial charge in [0.2, 0.25) is 5.91 Å². The minimum absolute atomic E-state index is 0.0168. The zero-order valence-corrected chi connectivity index (χ0v) is 17.1. The van der Waals surface area contributed by atoms with Crippen LogP contribution in [0.2, 0.25) is 0 Å². The third-order valence-corrected chi connectivity index (χ3v) is 5.59. The second-order valence-corrected chi connectivity index (χ2v) is 7.68. The molecule has 0 saturated carbocycles. The van der Waals surface area contributed by atoms with Crippen molar-refractivity contribution in [2.24, 2.45) is 5.73 Å². The van der Waals surface area contributed by atoms with E-state index < -0.39 is 17.6 Å². The predicted octanol–water partition coefficient (Wildman–Crippen LogP) is 6.10. The van der Waals surface area contributed by atoms with E-state index in [2.05, 4.69) is 13.0 Å². The quantitative estimate of drug-likeness (QED) is 0.400. The summed E-state index contributed by atoms with van der Waals surface area (Å²) in [5, 5.41) is 1.31. The van der Waals surface area contributed by atoms with E-state index in [9.17, 15) is 18.0 Å². The van der Waals surface area contributed by atoms with Crippen LogP contribution in [0, 0.1) is 6.07 Å². The molecule has 1 amide bonds. The van der Waals surface area contributed by atoms with Gasteiger partial charge in [-0.05, 0) is 54.3 Å². The summed E-state index contributed by atoms with van der Waals surface area (Å²) in [5.41, 5.74) is 7.90. The molecule has 2 N–H and O–H groups in total. The highest BCUT2D eigenvalue weighted by atomic mass is 19.4. The van der Waals surface area contributed by atoms with Crippen molar-refractivity contribution in [1.82, 2.24) is 4.57 Å². The Balaban J connectivity index is 1.99. The summed E-state index contributed by atoms with van der Waals surface area (Å²) >= 11 is 0. The molecule has 31 heavy (non-hydrogen) atoms. The van der Waals surface area contributed by atoms with Gasteiger partial charge in [0.1, 0.15) is 0 Å². The van der Waals surface area contributed by atoms with Crippen molar-refractivity contribution in [3.05, 3.63) is 82.9 Å². The smallest absolute Gasteiger partial charge is 0.366 e. The van der Waals surface area contributed by atoms with Crippen molar-refractivity contribution < 1.29 is 18.0 Å². The lowest BCUT2D eigenvalue weighted by Crippen LogP contribution is -2.12. The van der Waals surface area contributed by atoms with E-state index in [0.717, 1.165) is 36.4 Å². The first-order valence-corrected chi connectivity index (χ1v) is 10.2. The number of fused-ring (bicyclic) bond motifs is 3. The largest absolute Gasteiger partial charge is 0.416 e. The van der Waals surface area contributed by atoms with Crippen molar-refractivity contribution in [3.63, 3.8) is 0 Å². The zero-order valence-electron chi connectivity index (χ0n) is 17.1. The van der Waals surface area contributed by atoms with Crippen LogP contribution < -0.4 is 5.73 Å². The van der Waals surface area contributed by atoms with Gasteiger partial charge in [-0.2, -0.15) is 13.2 Å². The molecule has 4 rings (SSSR count). The van der Waals surface area contributed by atoms with Crippen LogP contribution in [0.5, 0.6) is 0 Å². The Labute approximate surface area is 178 Å². The number of alkyl halides is 3. The molecule has 0 aliphatic rings. The van der Waals surface area contributed by atoms with E-state index >= 15 is 0 Å². The average Bonchev–Trinajstić information content (AvgIpc) is 3.05. The van der Waals surface area contributed by atoms with E-state index in [1.165, 1.54) is 12.1 Å². The van der Waals surface area contributed by atoms with Gasteiger partial charge >= 0.3 is 6.18 Å². The number of rotatable bonds is 6. The highest BCUT2D eigenvalue weighted by molar-refractivity contribution is 6.17. The van der Waals surface area contributed by atoms with E-state index in [0.29, 0.717) is 21.9 Å². The molecule has 1 heterocycles. The summed E-state index contributed by atoms with van der Waals surface area (Å²) in [4.78, 5) is 12.1. The number of benzene rings is 3. The maximum atomic E-state index is 13.6. The summed E-state index contributed by atoms with van der Waals surface area (Å²) < 4.78 is 42.6. The number of halogens is 3. The molecule has 0 aliphatic heterocycles. The van der Waals surface area contributed by atoms with Gasteiger partial charge in [-0.1, -0.05) is 43.7 Å². The van der Waals surface area contributed by atoms with E-state index in [-0.39, 0.29) is 12.1 Å². The van der Waals surface area contributed by atoms with Crippen molar-refractivity contribution in [2.45, 2.75) is 38.9 Å². The van der Waals surface area contributed by atoms with Crippen LogP contribution in [-0.4, -0.2) is 10.5 Å². The fourth-order valence-corrected chi connectivity index (χ4v) is 4.10. The van der Waals surface area contributed by atoms with Crippen LogP contribution in [0.15, 0.2) is 54.6 Å². The van der Waals surface area contributed by atoms with Gasteiger partial charge in [0.25, 0.3) is 0 Å². The van der Waals surface area contributed by atoms with Gasteiger partial charge < -0.3 is 10.3 Å². The van der Waals surface area contributed by atoms with Crippen LogP contribution in [0.3, 0.4) is 0 Å². The number of hydrogen-bond donors (Lipinski definition) is 1. The molecule has 3 aromatic carbocycles. The number of nitrogens with two attached hydrogens (primary N) is 1. The lowest BCUT2D eigenvalue weighted by atomic mass is 10.0. The van der Waals surface area contributed by atoms with E-state index in [1.54, 1.807) is 24.3 Å². The van der Waals surface area contributed by atoms with Gasteiger partial charge in [0, 0.05) is 22.9 Å². The molecule has 1 radical (unpaired) electrons. The first-order chi connectivity index (χ1) is 14.8. The number of unbranched alkanes of at least 4 members (excludes halogenated alkanes) is 1. The molecule has 0 unspecified atom stereocenters. The van der Waals surface area contributed by atoms with Gasteiger partial charge in [-0.15, -0.1) is 0 Å². The highest BCUT2D eigenvalue weighted by Crippen LogP contribution is 2.36. The van der Waals surface area contributed by atoms with Crippen LogP contribution >= 0.6 is 0 Å². The van der Waals surface area contributed by atoms with Crippen molar-refractivity contribution in [3.8, 4) is 0 Å². The summed E-state index contributed by atoms with van der Waals surface area (Å²) in [6.45, 7) is 2.12. The third-order valence-electron chi connectivity index (χ3n) is 5.59. The van der Waals surface area contributed by atoms with Gasteiger partial charge in [0.05, 0.1) is 16.6 Å². The molecular formula is C25H22F3N2O. The van der Waals surface area contributed by atoms with Crippen molar-refractivity contribution >= 4 is 27.7 Å². The second kappa shape index (κ2) is 8.10. The Morgan fingerprint density at radius 2 is 1.87 bits per heavy atom. The fourth-order valence-electron chi connectivity index (χ4n) is 4.10. The molecule has 0 bridgehead atoms. The second-order valence-electron chi connectivity index (χ2n) is 7.68. The molecule has 3 nitrogen and oxygen atoms in total. The average molecular weight is 423 g/mol. The third kappa shape index (κ3) is 3.90. The number of aryl methyl sites for hydroxylation is 1. The molecule has 0 saturated heterocycles. The van der Waals surface area contributed by atoms with Crippen LogP contribution in [-0.2, 0) is 19.1 Å². The first-order valence-electron chi connectivity index (χ1n) is 10.2. The Bertz CT molecular complexity index is 1270. The van der Waals surface area contributed by atoms with Crippen LogP contribution in [0.25, 0.3) is 21.8 Å². The summed E-state index contributed by atoms with van der Waals surface area (Å²) in [7, 11) is 0. The molecule has 6 heteroatoms. The van der Waals surface area contributed by atoms with Gasteiger partial charge in [-0.25, -0.2) is 0 Å². The number of primary amides is 1. The molecule has 0 spiro atoms. The maximum absolute atomic E-state index is 13.6. The van der Waals surface area contributed by atoms with E-state index in [4.69, 9.17) is 5.73 Å². The number of aromatic nitrogens is 1. The lowest BCUT2D eigenvalue weighted by Gasteiger charge is -2.15. The topological polar surface area (TPSA) is 48.0 Å². The van der Waals surface area contributed by atoms with Crippen LogP contribution in [0.4, 0.5) is 13.2 Å². The standard InChI is InChI=1S/C25H22F3N2O/c1-2-3-7-16-12-13-18-22(14-16)30(21-11-6-9-19(23(18)21)24(29)31)15-17-8-4-5-10-20(17)25(26,27)28/h4-6,8-12,14H,2-3,7,15H2,1H3,(H2,29,31).